The number of halogens is 1. The third kappa shape index (κ3) is 6.42. The van der Waals surface area contributed by atoms with Crippen LogP contribution in [0.15, 0.2) is 0 Å². The fourth-order valence-electron chi connectivity index (χ4n) is 2.91. The number of rotatable bonds is 6. The van der Waals surface area contributed by atoms with Crippen LogP contribution in [0.25, 0.3) is 0 Å². The van der Waals surface area contributed by atoms with Crippen molar-refractivity contribution in [1.29, 1.82) is 0 Å². The van der Waals surface area contributed by atoms with E-state index in [2.05, 4.69) is 31.0 Å². The first-order valence-corrected chi connectivity index (χ1v) is 7.67. The van der Waals surface area contributed by atoms with Gasteiger partial charge in [-0.2, -0.15) is 0 Å². The first-order valence-electron chi connectivity index (χ1n) is 7.67. The van der Waals surface area contributed by atoms with Gasteiger partial charge in [0.15, 0.2) is 0 Å². The molecule has 0 spiro atoms. The number of likely N-dealkylation sites (tertiary alicyclic amines) is 1. The molecular weight excluding hydrogens is 274 g/mol. The Hall–Kier alpha value is -0.320. The quantitative estimate of drug-likeness (QED) is 0.790. The van der Waals surface area contributed by atoms with Crippen LogP contribution in [0.1, 0.15) is 53.4 Å². The monoisotopic (exact) mass is 305 g/mol. The van der Waals surface area contributed by atoms with Crippen LogP contribution < -0.4 is 11.1 Å². The van der Waals surface area contributed by atoms with Crippen molar-refractivity contribution in [3.8, 4) is 0 Å². The number of amides is 1. The molecule has 20 heavy (non-hydrogen) atoms. The normalized spacial score (nSPS) is 24.4. The molecule has 3 atom stereocenters. The molecule has 0 saturated carbocycles. The Morgan fingerprint density at radius 2 is 2.20 bits per heavy atom. The average molecular weight is 306 g/mol. The molecule has 0 radical (unpaired) electrons. The Kier molecular flexibility index (Phi) is 8.71. The Balaban J connectivity index is 0.00000361. The fraction of sp³-hybridized carbons (Fsp3) is 0.933. The largest absolute Gasteiger partial charge is 0.351 e. The van der Waals surface area contributed by atoms with E-state index >= 15 is 0 Å². The van der Waals surface area contributed by atoms with Gasteiger partial charge in [-0.15, -0.1) is 12.4 Å². The van der Waals surface area contributed by atoms with E-state index in [9.17, 15) is 4.79 Å². The van der Waals surface area contributed by atoms with Crippen LogP contribution in [-0.2, 0) is 4.79 Å². The molecule has 4 nitrogen and oxygen atoms in total. The molecular formula is C15H32ClN3O. The molecule has 1 heterocycles. The number of hydrogen-bond donors (Lipinski definition) is 2. The van der Waals surface area contributed by atoms with Crippen LogP contribution in [0, 0.1) is 5.92 Å². The standard InChI is InChI=1S/C15H31N3O.ClH/c1-5-8-15(4,16)14(19)17-13(3)11-18-9-6-7-12(2)10-18;/h12-13H,5-11,16H2,1-4H3,(H,17,19);1H. The molecule has 3 N–H and O–H groups in total. The molecule has 1 saturated heterocycles. The Morgan fingerprint density at radius 3 is 2.75 bits per heavy atom. The summed E-state index contributed by atoms with van der Waals surface area (Å²) in [6, 6.07) is 0.164. The molecule has 1 fully saturated rings. The minimum atomic E-state index is -0.738. The van der Waals surface area contributed by atoms with Crippen LogP contribution in [0.2, 0.25) is 0 Å². The summed E-state index contributed by atoms with van der Waals surface area (Å²) < 4.78 is 0. The van der Waals surface area contributed by atoms with Crippen LogP contribution in [-0.4, -0.2) is 42.0 Å². The lowest BCUT2D eigenvalue weighted by molar-refractivity contribution is -0.126. The van der Waals surface area contributed by atoms with E-state index in [0.717, 1.165) is 38.4 Å². The number of carbonyl (C=O) groups is 1. The van der Waals surface area contributed by atoms with E-state index in [-0.39, 0.29) is 24.4 Å². The maximum Gasteiger partial charge on any atom is 0.240 e. The maximum absolute atomic E-state index is 12.1. The Bertz CT molecular complexity index is 297. The van der Waals surface area contributed by atoms with Gasteiger partial charge in [0.1, 0.15) is 0 Å². The van der Waals surface area contributed by atoms with Crippen LogP contribution >= 0.6 is 12.4 Å². The summed E-state index contributed by atoms with van der Waals surface area (Å²) in [4.78, 5) is 14.6. The summed E-state index contributed by atoms with van der Waals surface area (Å²) in [5.41, 5.74) is 5.31. The molecule has 0 bridgehead atoms. The molecule has 1 rings (SSSR count). The molecule has 3 unspecified atom stereocenters. The smallest absolute Gasteiger partial charge is 0.240 e. The molecule has 0 aliphatic carbocycles. The summed E-state index contributed by atoms with van der Waals surface area (Å²) in [6.45, 7) is 11.5. The highest BCUT2D eigenvalue weighted by atomic mass is 35.5. The zero-order valence-electron chi connectivity index (χ0n) is 13.4. The lowest BCUT2D eigenvalue weighted by Crippen LogP contribution is -2.55. The van der Waals surface area contributed by atoms with Gasteiger partial charge in [-0.1, -0.05) is 20.3 Å². The van der Waals surface area contributed by atoms with E-state index in [1.807, 2.05) is 6.92 Å². The number of hydrogen-bond acceptors (Lipinski definition) is 3. The average Bonchev–Trinajstić information content (AvgIpc) is 2.28. The lowest BCUT2D eigenvalue weighted by Gasteiger charge is -2.34. The van der Waals surface area contributed by atoms with Crippen molar-refractivity contribution in [2.45, 2.75) is 65.0 Å². The lowest BCUT2D eigenvalue weighted by atomic mass is 9.96. The van der Waals surface area contributed by atoms with Gasteiger partial charge >= 0.3 is 0 Å². The van der Waals surface area contributed by atoms with Crippen molar-refractivity contribution in [2.75, 3.05) is 19.6 Å². The van der Waals surface area contributed by atoms with Crippen LogP contribution in [0.3, 0.4) is 0 Å². The summed E-state index contributed by atoms with van der Waals surface area (Å²) in [7, 11) is 0. The molecule has 120 valence electrons. The van der Waals surface area contributed by atoms with Crippen molar-refractivity contribution in [3.05, 3.63) is 0 Å². The van der Waals surface area contributed by atoms with E-state index in [1.165, 1.54) is 12.8 Å². The van der Waals surface area contributed by atoms with Gasteiger partial charge in [-0.3, -0.25) is 4.79 Å². The second-order valence-corrected chi connectivity index (χ2v) is 6.55. The molecule has 1 amide bonds. The van der Waals surface area contributed by atoms with Crippen LogP contribution in [0.4, 0.5) is 0 Å². The van der Waals surface area contributed by atoms with Crippen molar-refractivity contribution >= 4 is 18.3 Å². The topological polar surface area (TPSA) is 58.4 Å². The Morgan fingerprint density at radius 1 is 1.55 bits per heavy atom. The zero-order chi connectivity index (χ0) is 14.5. The van der Waals surface area contributed by atoms with Crippen molar-refractivity contribution in [2.24, 2.45) is 11.7 Å². The highest BCUT2D eigenvalue weighted by Crippen LogP contribution is 2.15. The third-order valence-corrected chi connectivity index (χ3v) is 3.94. The summed E-state index contributed by atoms with van der Waals surface area (Å²) >= 11 is 0. The van der Waals surface area contributed by atoms with Gasteiger partial charge in [0.05, 0.1) is 5.54 Å². The predicted molar refractivity (Wildman–Crippen MR) is 87.2 cm³/mol. The molecule has 5 heteroatoms. The summed E-state index contributed by atoms with van der Waals surface area (Å²) in [6.07, 6.45) is 4.26. The van der Waals surface area contributed by atoms with Gasteiger partial charge in [0, 0.05) is 19.1 Å². The molecule has 0 aromatic rings. The van der Waals surface area contributed by atoms with Crippen LogP contribution in [0.5, 0.6) is 0 Å². The number of nitrogens with one attached hydrogen (secondary N) is 1. The van der Waals surface area contributed by atoms with Gasteiger partial charge in [0.2, 0.25) is 5.91 Å². The third-order valence-electron chi connectivity index (χ3n) is 3.94. The highest BCUT2D eigenvalue weighted by molar-refractivity contribution is 5.86. The van der Waals surface area contributed by atoms with Crippen molar-refractivity contribution < 1.29 is 4.79 Å². The zero-order valence-corrected chi connectivity index (χ0v) is 14.3. The second-order valence-electron chi connectivity index (χ2n) is 6.55. The van der Waals surface area contributed by atoms with E-state index in [4.69, 9.17) is 5.73 Å². The molecule has 1 aliphatic heterocycles. The number of carbonyl (C=O) groups excluding carboxylic acids is 1. The number of nitrogens with zero attached hydrogens (tertiary/aromatic N) is 1. The first-order chi connectivity index (χ1) is 8.85. The van der Waals surface area contributed by atoms with E-state index < -0.39 is 5.54 Å². The maximum atomic E-state index is 12.1. The predicted octanol–water partition coefficient (Wildman–Crippen LogP) is 2.16. The SMILES string of the molecule is CCCC(C)(N)C(=O)NC(C)CN1CCCC(C)C1.Cl. The Labute approximate surface area is 130 Å². The molecule has 0 aromatic carbocycles. The highest BCUT2D eigenvalue weighted by Gasteiger charge is 2.28. The van der Waals surface area contributed by atoms with Gasteiger partial charge < -0.3 is 16.0 Å². The molecule has 0 aromatic heterocycles. The number of nitrogens with two attached hydrogens (primary N) is 1. The van der Waals surface area contributed by atoms with Gasteiger partial charge in [0.25, 0.3) is 0 Å². The van der Waals surface area contributed by atoms with E-state index in [1.54, 1.807) is 0 Å². The first kappa shape index (κ1) is 19.7. The minimum Gasteiger partial charge on any atom is -0.351 e. The second kappa shape index (κ2) is 8.85. The minimum absolute atomic E-state index is 0. The van der Waals surface area contributed by atoms with Crippen molar-refractivity contribution in [1.82, 2.24) is 10.2 Å². The van der Waals surface area contributed by atoms with Gasteiger partial charge in [-0.25, -0.2) is 0 Å². The summed E-state index contributed by atoms with van der Waals surface area (Å²) in [5, 5.41) is 3.06. The molecule has 1 aliphatic rings. The van der Waals surface area contributed by atoms with Gasteiger partial charge in [-0.05, 0) is 45.6 Å². The number of piperidine rings is 1. The summed E-state index contributed by atoms with van der Waals surface area (Å²) in [5.74, 6) is 0.753. The van der Waals surface area contributed by atoms with E-state index in [0.29, 0.717) is 0 Å². The van der Waals surface area contributed by atoms with Crippen molar-refractivity contribution in [3.63, 3.8) is 0 Å². The fourth-order valence-corrected chi connectivity index (χ4v) is 2.91.